The Kier molecular flexibility index (Phi) is 3.83. The van der Waals surface area contributed by atoms with Crippen molar-refractivity contribution in [3.63, 3.8) is 0 Å². The molecule has 2 aromatic rings. The number of nitrogens with one attached hydrogen (secondary N) is 1. The van der Waals surface area contributed by atoms with Gasteiger partial charge < -0.3 is 10.2 Å². The minimum atomic E-state index is 0.285. The molecule has 0 unspecified atom stereocenters. The quantitative estimate of drug-likeness (QED) is 0.883. The van der Waals surface area contributed by atoms with Crippen LogP contribution in [-0.2, 0) is 11.2 Å². The number of hydrogen-bond donors (Lipinski definition) is 1. The third-order valence-corrected chi connectivity index (χ3v) is 4.38. The van der Waals surface area contributed by atoms with Gasteiger partial charge in [0.1, 0.15) is 4.83 Å². The lowest BCUT2D eigenvalue weighted by atomic mass is 10.3. The first kappa shape index (κ1) is 13.1. The summed E-state index contributed by atoms with van der Waals surface area (Å²) in [4.78, 5) is 10.8. The molecule has 5 nitrogen and oxygen atoms in total. The second-order valence-corrected chi connectivity index (χ2v) is 5.79. The third kappa shape index (κ3) is 2.81. The lowest BCUT2D eigenvalue weighted by Gasteiger charge is -2.27. The Morgan fingerprint density at radius 2 is 2.21 bits per heavy atom. The summed E-state index contributed by atoms with van der Waals surface area (Å²) in [5.74, 6) is 0.785. The van der Waals surface area contributed by atoms with Crippen LogP contribution in [0.3, 0.4) is 0 Å². The number of hydrogen-bond acceptors (Lipinski definition) is 6. The van der Waals surface area contributed by atoms with E-state index in [-0.39, 0.29) is 5.28 Å². The van der Waals surface area contributed by atoms with E-state index in [1.54, 1.807) is 11.3 Å². The molecular formula is C12H15ClN4OS. The van der Waals surface area contributed by atoms with E-state index in [9.17, 15) is 0 Å². The van der Waals surface area contributed by atoms with Gasteiger partial charge in [0.05, 0.1) is 18.6 Å². The van der Waals surface area contributed by atoms with E-state index in [2.05, 4.69) is 33.4 Å². The van der Waals surface area contributed by atoms with Crippen molar-refractivity contribution >= 4 is 39.0 Å². The Bertz CT molecular complexity index is 582. The Morgan fingerprint density at radius 3 is 2.95 bits per heavy atom. The molecule has 3 rings (SSSR count). The molecule has 0 saturated carbocycles. The molecule has 1 aliphatic rings. The summed E-state index contributed by atoms with van der Waals surface area (Å²) in [7, 11) is 0. The molecule has 1 fully saturated rings. The van der Waals surface area contributed by atoms with Crippen LogP contribution in [0, 0.1) is 0 Å². The zero-order chi connectivity index (χ0) is 13.2. The smallest absolute Gasteiger partial charge is 0.225 e. The van der Waals surface area contributed by atoms with Crippen molar-refractivity contribution in [2.24, 2.45) is 0 Å². The van der Waals surface area contributed by atoms with Crippen LogP contribution in [0.15, 0.2) is 6.07 Å². The highest BCUT2D eigenvalue weighted by atomic mass is 35.5. The first-order valence-corrected chi connectivity index (χ1v) is 7.51. The predicted molar refractivity (Wildman–Crippen MR) is 77.8 cm³/mol. The van der Waals surface area contributed by atoms with Gasteiger partial charge in [-0.05, 0) is 24.1 Å². The van der Waals surface area contributed by atoms with Crippen LogP contribution in [0.2, 0.25) is 5.28 Å². The highest BCUT2D eigenvalue weighted by Crippen LogP contribution is 2.30. The van der Waals surface area contributed by atoms with E-state index in [0.29, 0.717) is 0 Å². The van der Waals surface area contributed by atoms with Gasteiger partial charge in [0.2, 0.25) is 5.28 Å². The summed E-state index contributed by atoms with van der Waals surface area (Å²) >= 11 is 7.66. The van der Waals surface area contributed by atoms with Crippen molar-refractivity contribution in [1.29, 1.82) is 0 Å². The van der Waals surface area contributed by atoms with Crippen LogP contribution >= 0.6 is 22.9 Å². The summed E-state index contributed by atoms with van der Waals surface area (Å²) < 4.78 is 5.33. The topological polar surface area (TPSA) is 50.3 Å². The Balaban J connectivity index is 1.94. The van der Waals surface area contributed by atoms with Crippen LogP contribution in [0.1, 0.15) is 11.8 Å². The molecule has 0 amide bonds. The summed E-state index contributed by atoms with van der Waals surface area (Å²) in [5.41, 5.74) is 3.33. The summed E-state index contributed by atoms with van der Waals surface area (Å²) in [6, 6.07) is 2.14. The fourth-order valence-electron chi connectivity index (χ4n) is 2.03. The van der Waals surface area contributed by atoms with Crippen molar-refractivity contribution in [3.8, 4) is 0 Å². The van der Waals surface area contributed by atoms with Crippen molar-refractivity contribution in [2.75, 3.05) is 31.7 Å². The van der Waals surface area contributed by atoms with Gasteiger partial charge in [0, 0.05) is 18.0 Å². The summed E-state index contributed by atoms with van der Waals surface area (Å²) in [6.45, 7) is 5.29. The van der Waals surface area contributed by atoms with Gasteiger partial charge in [-0.25, -0.2) is 9.99 Å². The molecule has 1 aliphatic heterocycles. The monoisotopic (exact) mass is 298 g/mol. The number of ether oxygens (including phenoxy) is 1. The Morgan fingerprint density at radius 1 is 1.42 bits per heavy atom. The van der Waals surface area contributed by atoms with Crippen LogP contribution < -0.4 is 5.43 Å². The Hall–Kier alpha value is -0.950. The SMILES string of the molecule is CCc1cc2c(NN3CCOCC3)nc(Cl)nc2s1. The van der Waals surface area contributed by atoms with Gasteiger partial charge in [-0.2, -0.15) is 4.98 Å². The second kappa shape index (κ2) is 5.58. The van der Waals surface area contributed by atoms with E-state index in [1.807, 2.05) is 0 Å². The van der Waals surface area contributed by atoms with Crippen LogP contribution in [0.4, 0.5) is 5.82 Å². The standard InChI is InChI=1S/C12H15ClN4OS/c1-2-8-7-9-10(14-12(13)15-11(9)19-8)16-17-3-5-18-6-4-17/h7H,2-6H2,1H3,(H,14,15,16). The number of rotatable bonds is 3. The zero-order valence-corrected chi connectivity index (χ0v) is 12.2. The van der Waals surface area contributed by atoms with Gasteiger partial charge in [0.25, 0.3) is 0 Å². The Labute approximate surface area is 120 Å². The maximum atomic E-state index is 6.00. The van der Waals surface area contributed by atoms with Crippen molar-refractivity contribution in [1.82, 2.24) is 15.0 Å². The minimum absolute atomic E-state index is 0.285. The summed E-state index contributed by atoms with van der Waals surface area (Å²) in [5, 5.41) is 3.43. The lowest BCUT2D eigenvalue weighted by Crippen LogP contribution is -2.40. The molecule has 0 atom stereocenters. The predicted octanol–water partition coefficient (Wildman–Crippen LogP) is 2.57. The first-order valence-electron chi connectivity index (χ1n) is 6.31. The normalized spacial score (nSPS) is 16.9. The van der Waals surface area contributed by atoms with Crippen LogP contribution in [-0.4, -0.2) is 41.3 Å². The van der Waals surface area contributed by atoms with Crippen LogP contribution in [0.5, 0.6) is 0 Å². The molecule has 7 heteroatoms. The van der Waals surface area contributed by atoms with Gasteiger partial charge in [-0.3, -0.25) is 0 Å². The average Bonchev–Trinajstić information content (AvgIpc) is 2.83. The molecule has 0 aliphatic carbocycles. The van der Waals surface area contributed by atoms with Crippen LogP contribution in [0.25, 0.3) is 10.2 Å². The number of aryl methyl sites for hydroxylation is 1. The molecule has 19 heavy (non-hydrogen) atoms. The molecule has 2 aromatic heterocycles. The van der Waals surface area contributed by atoms with E-state index in [0.717, 1.165) is 48.8 Å². The highest BCUT2D eigenvalue weighted by molar-refractivity contribution is 7.18. The average molecular weight is 299 g/mol. The first-order chi connectivity index (χ1) is 9.26. The highest BCUT2D eigenvalue weighted by Gasteiger charge is 2.15. The number of hydrazine groups is 1. The number of halogens is 1. The number of fused-ring (bicyclic) bond motifs is 1. The number of nitrogens with zero attached hydrogens (tertiary/aromatic N) is 3. The fourth-order valence-corrected chi connectivity index (χ4v) is 3.22. The third-order valence-electron chi connectivity index (χ3n) is 3.04. The van der Waals surface area contributed by atoms with Gasteiger partial charge in [0.15, 0.2) is 5.82 Å². The van der Waals surface area contributed by atoms with Crippen molar-refractivity contribution in [2.45, 2.75) is 13.3 Å². The van der Waals surface area contributed by atoms with Crippen molar-refractivity contribution < 1.29 is 4.74 Å². The fraction of sp³-hybridized carbons (Fsp3) is 0.500. The largest absolute Gasteiger partial charge is 0.379 e. The van der Waals surface area contributed by atoms with Gasteiger partial charge in [-0.1, -0.05) is 6.92 Å². The molecule has 0 radical (unpaired) electrons. The lowest BCUT2D eigenvalue weighted by molar-refractivity contribution is 0.0495. The van der Waals surface area contributed by atoms with E-state index in [4.69, 9.17) is 16.3 Å². The number of anilines is 1. The van der Waals surface area contributed by atoms with Gasteiger partial charge in [-0.15, -0.1) is 11.3 Å². The molecule has 0 bridgehead atoms. The second-order valence-electron chi connectivity index (χ2n) is 4.34. The summed E-state index contributed by atoms with van der Waals surface area (Å²) in [6.07, 6.45) is 0.996. The van der Waals surface area contributed by atoms with Gasteiger partial charge >= 0.3 is 0 Å². The maximum absolute atomic E-state index is 6.00. The maximum Gasteiger partial charge on any atom is 0.225 e. The molecule has 0 spiro atoms. The van der Waals surface area contributed by atoms with E-state index in [1.165, 1.54) is 4.88 Å². The molecule has 102 valence electrons. The number of morpholine rings is 1. The molecule has 3 heterocycles. The number of thiophene rings is 1. The number of aromatic nitrogens is 2. The molecular weight excluding hydrogens is 284 g/mol. The zero-order valence-electron chi connectivity index (χ0n) is 10.6. The van der Waals surface area contributed by atoms with Crippen molar-refractivity contribution in [3.05, 3.63) is 16.2 Å². The molecule has 0 aromatic carbocycles. The molecule has 1 saturated heterocycles. The minimum Gasteiger partial charge on any atom is -0.379 e. The van der Waals surface area contributed by atoms with E-state index < -0.39 is 0 Å². The van der Waals surface area contributed by atoms with E-state index >= 15 is 0 Å². The molecule has 1 N–H and O–H groups in total.